The number of rotatable bonds is 4. The second-order valence-electron chi connectivity index (χ2n) is 4.06. The molecule has 0 fully saturated rings. The molecule has 0 saturated heterocycles. The minimum atomic E-state index is 0. The maximum Gasteiger partial charge on any atom is 0.224 e. The third-order valence-corrected chi connectivity index (χ3v) is 2.65. The van der Waals surface area contributed by atoms with Crippen molar-refractivity contribution in [1.82, 2.24) is 4.98 Å². The molecule has 1 amide bonds. The molecule has 0 radical (unpaired) electrons. The number of aromatic nitrogens is 1. The lowest BCUT2D eigenvalue weighted by molar-refractivity contribution is -0.116. The van der Waals surface area contributed by atoms with Crippen LogP contribution < -0.4 is 5.32 Å². The highest BCUT2D eigenvalue weighted by Gasteiger charge is 2.02. The zero-order valence-electron chi connectivity index (χ0n) is 9.94. The Morgan fingerprint density at radius 1 is 1.41 bits per heavy atom. The van der Waals surface area contributed by atoms with Crippen LogP contribution in [0.3, 0.4) is 0 Å². The zero-order chi connectivity index (χ0) is 12.1. The largest absolute Gasteiger partial charge is 0.326 e. The van der Waals surface area contributed by atoms with Gasteiger partial charge in [-0.25, -0.2) is 0 Å². The van der Waals surface area contributed by atoms with Crippen molar-refractivity contribution in [3.8, 4) is 0 Å². The summed E-state index contributed by atoms with van der Waals surface area (Å²) in [6.45, 7) is 2.08. The van der Waals surface area contributed by atoms with Crippen molar-refractivity contribution in [3.63, 3.8) is 0 Å². The summed E-state index contributed by atoms with van der Waals surface area (Å²) in [6.07, 6.45) is 4.30. The summed E-state index contributed by atoms with van der Waals surface area (Å²) in [5, 5.41) is 3.97. The van der Waals surface area contributed by atoms with Crippen LogP contribution in [0.2, 0.25) is 0 Å². The van der Waals surface area contributed by atoms with Crippen molar-refractivity contribution in [2.75, 3.05) is 5.32 Å². The standard InChI is InChI=1S/C14H16N2O.H2/c1-2-3-6-14(17)16-12-8-7-11-5-4-9-15-13(11)10-12;/h4-5,7-10H,2-3,6H2,1H3,(H,16,17);1H. The molecule has 90 valence electrons. The Bertz CT molecular complexity index is 528. The second-order valence-corrected chi connectivity index (χ2v) is 4.06. The topological polar surface area (TPSA) is 42.0 Å². The van der Waals surface area contributed by atoms with E-state index in [1.807, 2.05) is 30.3 Å². The van der Waals surface area contributed by atoms with Crippen molar-refractivity contribution in [2.45, 2.75) is 26.2 Å². The molecule has 0 aliphatic rings. The molecule has 2 aromatic rings. The fourth-order valence-corrected chi connectivity index (χ4v) is 1.71. The van der Waals surface area contributed by atoms with Crippen molar-refractivity contribution >= 4 is 22.5 Å². The fourth-order valence-electron chi connectivity index (χ4n) is 1.71. The fraction of sp³-hybridized carbons (Fsp3) is 0.286. The molecular formula is C14H18N2O. The number of carbonyl (C=O) groups is 1. The summed E-state index contributed by atoms with van der Waals surface area (Å²) < 4.78 is 0. The summed E-state index contributed by atoms with van der Waals surface area (Å²) in [5.41, 5.74) is 1.72. The number of nitrogens with zero attached hydrogens (tertiary/aromatic N) is 1. The Balaban J connectivity index is 0.00000162. The van der Waals surface area contributed by atoms with E-state index in [0.717, 1.165) is 29.4 Å². The van der Waals surface area contributed by atoms with Gasteiger partial charge >= 0.3 is 0 Å². The summed E-state index contributed by atoms with van der Waals surface area (Å²) in [7, 11) is 0. The maximum absolute atomic E-state index is 11.6. The molecule has 1 aromatic heterocycles. The molecule has 2 rings (SSSR count). The van der Waals surface area contributed by atoms with Crippen LogP contribution in [0, 0.1) is 0 Å². The van der Waals surface area contributed by atoms with Gasteiger partial charge in [0.05, 0.1) is 5.52 Å². The van der Waals surface area contributed by atoms with E-state index in [1.54, 1.807) is 6.20 Å². The van der Waals surface area contributed by atoms with Crippen LogP contribution in [0.1, 0.15) is 27.6 Å². The first kappa shape index (κ1) is 11.6. The van der Waals surface area contributed by atoms with Gasteiger partial charge in [-0.1, -0.05) is 25.5 Å². The first-order chi connectivity index (χ1) is 8.29. The highest BCUT2D eigenvalue weighted by molar-refractivity contribution is 5.93. The number of hydrogen-bond donors (Lipinski definition) is 1. The van der Waals surface area contributed by atoms with E-state index in [4.69, 9.17) is 0 Å². The Morgan fingerprint density at radius 3 is 3.12 bits per heavy atom. The van der Waals surface area contributed by atoms with E-state index in [0.29, 0.717) is 6.42 Å². The van der Waals surface area contributed by atoms with E-state index < -0.39 is 0 Å². The summed E-state index contributed by atoms with van der Waals surface area (Å²) in [5.74, 6) is 0.0714. The van der Waals surface area contributed by atoms with Gasteiger partial charge in [0.25, 0.3) is 0 Å². The molecule has 0 spiro atoms. The van der Waals surface area contributed by atoms with Crippen LogP contribution in [0.15, 0.2) is 36.5 Å². The van der Waals surface area contributed by atoms with Gasteiger partial charge in [-0.05, 0) is 24.6 Å². The number of amides is 1. The molecule has 17 heavy (non-hydrogen) atoms. The number of anilines is 1. The average molecular weight is 230 g/mol. The predicted octanol–water partition coefficient (Wildman–Crippen LogP) is 3.61. The molecule has 1 aromatic carbocycles. The van der Waals surface area contributed by atoms with Crippen LogP contribution in [0.25, 0.3) is 10.9 Å². The number of benzene rings is 1. The lowest BCUT2D eigenvalue weighted by atomic mass is 10.2. The number of carbonyl (C=O) groups excluding carboxylic acids is 1. The minimum absolute atomic E-state index is 0. The molecule has 1 heterocycles. The van der Waals surface area contributed by atoms with Crippen molar-refractivity contribution < 1.29 is 6.22 Å². The van der Waals surface area contributed by atoms with Crippen molar-refractivity contribution in [3.05, 3.63) is 36.5 Å². The maximum atomic E-state index is 11.6. The lowest BCUT2D eigenvalue weighted by Gasteiger charge is -2.05. The average Bonchev–Trinajstić information content (AvgIpc) is 2.36. The smallest absolute Gasteiger partial charge is 0.224 e. The molecule has 0 aliphatic carbocycles. The SMILES string of the molecule is CCCCC(=O)Nc1ccc2cccnc2c1.[HH]. The normalized spacial score (nSPS) is 10.4. The van der Waals surface area contributed by atoms with Crippen LogP contribution in [-0.2, 0) is 4.79 Å². The highest BCUT2D eigenvalue weighted by atomic mass is 16.1. The monoisotopic (exact) mass is 230 g/mol. The van der Waals surface area contributed by atoms with Crippen LogP contribution in [0.4, 0.5) is 5.69 Å². The predicted molar refractivity (Wildman–Crippen MR) is 72.0 cm³/mol. The third kappa shape index (κ3) is 3.03. The van der Waals surface area contributed by atoms with Crippen LogP contribution in [0.5, 0.6) is 0 Å². The van der Waals surface area contributed by atoms with E-state index in [2.05, 4.69) is 17.2 Å². The molecular weight excluding hydrogens is 212 g/mol. The van der Waals surface area contributed by atoms with Crippen LogP contribution >= 0.6 is 0 Å². The Hall–Kier alpha value is -1.90. The minimum Gasteiger partial charge on any atom is -0.326 e. The lowest BCUT2D eigenvalue weighted by Crippen LogP contribution is -2.10. The molecule has 1 N–H and O–H groups in total. The summed E-state index contributed by atoms with van der Waals surface area (Å²) in [6, 6.07) is 9.69. The quantitative estimate of drug-likeness (QED) is 0.871. The van der Waals surface area contributed by atoms with Gasteiger partial charge in [-0.2, -0.15) is 0 Å². The number of hydrogen-bond acceptors (Lipinski definition) is 2. The summed E-state index contributed by atoms with van der Waals surface area (Å²) in [4.78, 5) is 15.8. The number of unbranched alkanes of at least 4 members (excludes halogenated alkanes) is 1. The van der Waals surface area contributed by atoms with Gasteiger partial charge < -0.3 is 5.32 Å². The highest BCUT2D eigenvalue weighted by Crippen LogP contribution is 2.17. The van der Waals surface area contributed by atoms with Crippen molar-refractivity contribution in [2.24, 2.45) is 0 Å². The van der Waals surface area contributed by atoms with Gasteiger partial charge in [0.1, 0.15) is 0 Å². The molecule has 0 unspecified atom stereocenters. The Labute approximate surface area is 102 Å². The van der Waals surface area contributed by atoms with Gasteiger partial charge in [0, 0.05) is 25.1 Å². The Morgan fingerprint density at radius 2 is 2.29 bits per heavy atom. The first-order valence-corrected chi connectivity index (χ1v) is 5.94. The van der Waals surface area contributed by atoms with Crippen LogP contribution in [-0.4, -0.2) is 10.9 Å². The van der Waals surface area contributed by atoms with E-state index in [-0.39, 0.29) is 7.33 Å². The molecule has 3 heteroatoms. The van der Waals surface area contributed by atoms with Crippen molar-refractivity contribution in [1.29, 1.82) is 0 Å². The van der Waals surface area contributed by atoms with Gasteiger partial charge in [-0.3, -0.25) is 9.78 Å². The number of fused-ring (bicyclic) bond motifs is 1. The molecule has 0 aliphatic heterocycles. The molecule has 0 saturated carbocycles. The van der Waals surface area contributed by atoms with Gasteiger partial charge in [0.15, 0.2) is 0 Å². The number of pyridine rings is 1. The zero-order valence-corrected chi connectivity index (χ0v) is 9.94. The Kier molecular flexibility index (Phi) is 3.70. The third-order valence-electron chi connectivity index (χ3n) is 2.65. The molecule has 0 bridgehead atoms. The van der Waals surface area contributed by atoms with E-state index in [9.17, 15) is 4.79 Å². The van der Waals surface area contributed by atoms with Gasteiger partial charge in [-0.15, -0.1) is 0 Å². The second kappa shape index (κ2) is 5.43. The summed E-state index contributed by atoms with van der Waals surface area (Å²) >= 11 is 0. The number of nitrogens with one attached hydrogen (secondary N) is 1. The van der Waals surface area contributed by atoms with Gasteiger partial charge in [0.2, 0.25) is 5.91 Å². The van der Waals surface area contributed by atoms with E-state index in [1.165, 1.54) is 0 Å². The molecule has 3 nitrogen and oxygen atoms in total. The van der Waals surface area contributed by atoms with E-state index >= 15 is 0 Å². The molecule has 0 atom stereocenters. The first-order valence-electron chi connectivity index (χ1n) is 5.94.